The fourth-order valence-corrected chi connectivity index (χ4v) is 1.81. The van der Waals surface area contributed by atoms with E-state index in [1.54, 1.807) is 0 Å². The van der Waals surface area contributed by atoms with Crippen LogP contribution in [0.25, 0.3) is 0 Å². The first kappa shape index (κ1) is 12.7. The second kappa shape index (κ2) is 4.17. The van der Waals surface area contributed by atoms with Crippen LogP contribution in [0.2, 0.25) is 0 Å². The van der Waals surface area contributed by atoms with Crippen LogP contribution in [0.4, 0.5) is 13.2 Å². The highest BCUT2D eigenvalue weighted by Crippen LogP contribution is 2.38. The Morgan fingerprint density at radius 1 is 1.35 bits per heavy atom. The molecule has 1 aliphatic carbocycles. The lowest BCUT2D eigenvalue weighted by atomic mass is 10.2. The highest BCUT2D eigenvalue weighted by molar-refractivity contribution is 9.10. The van der Waals surface area contributed by atoms with Crippen molar-refractivity contribution < 1.29 is 17.9 Å². The minimum absolute atomic E-state index is 0.00577. The lowest BCUT2D eigenvalue weighted by Gasteiger charge is -2.14. The van der Waals surface area contributed by atoms with Crippen molar-refractivity contribution in [2.24, 2.45) is 5.73 Å². The van der Waals surface area contributed by atoms with E-state index in [9.17, 15) is 13.2 Å². The van der Waals surface area contributed by atoms with E-state index in [2.05, 4.69) is 15.9 Å². The molecular weight excluding hydrogens is 299 g/mol. The summed E-state index contributed by atoms with van der Waals surface area (Å²) in [5, 5.41) is 0. The maximum Gasteiger partial charge on any atom is 0.417 e. The van der Waals surface area contributed by atoms with E-state index < -0.39 is 11.7 Å². The summed E-state index contributed by atoms with van der Waals surface area (Å²) in [4.78, 5) is 0. The minimum atomic E-state index is -4.39. The van der Waals surface area contributed by atoms with Crippen LogP contribution < -0.4 is 10.5 Å². The van der Waals surface area contributed by atoms with Gasteiger partial charge in [0.15, 0.2) is 0 Å². The molecule has 1 saturated carbocycles. The fourth-order valence-electron chi connectivity index (χ4n) is 1.34. The molecule has 0 radical (unpaired) electrons. The number of benzene rings is 1. The number of alkyl halides is 3. The monoisotopic (exact) mass is 309 g/mol. The van der Waals surface area contributed by atoms with Gasteiger partial charge in [-0.15, -0.1) is 0 Å². The molecule has 0 saturated heterocycles. The lowest BCUT2D eigenvalue weighted by molar-refractivity contribution is -0.138. The van der Waals surface area contributed by atoms with Crippen LogP contribution in [0, 0.1) is 0 Å². The third kappa shape index (κ3) is 3.13. The van der Waals surface area contributed by atoms with E-state index in [1.165, 1.54) is 12.1 Å². The molecule has 0 spiro atoms. The lowest BCUT2D eigenvalue weighted by Crippen LogP contribution is -2.29. The van der Waals surface area contributed by atoms with Crippen LogP contribution in [0.1, 0.15) is 18.4 Å². The third-order valence-electron chi connectivity index (χ3n) is 2.66. The number of hydrogen-bond donors (Lipinski definition) is 1. The van der Waals surface area contributed by atoms with Crippen LogP contribution in [-0.2, 0) is 6.18 Å². The summed E-state index contributed by atoms with van der Waals surface area (Å²) in [5.74, 6) is 0.192. The number of hydrogen-bond acceptors (Lipinski definition) is 2. The van der Waals surface area contributed by atoms with Crippen molar-refractivity contribution in [2.45, 2.75) is 24.6 Å². The van der Waals surface area contributed by atoms with Crippen LogP contribution >= 0.6 is 15.9 Å². The van der Waals surface area contributed by atoms with Crippen molar-refractivity contribution in [2.75, 3.05) is 6.61 Å². The van der Waals surface area contributed by atoms with Crippen LogP contribution in [-0.4, -0.2) is 12.1 Å². The molecule has 0 bridgehead atoms. The van der Waals surface area contributed by atoms with Crippen molar-refractivity contribution in [1.29, 1.82) is 0 Å². The topological polar surface area (TPSA) is 35.2 Å². The van der Waals surface area contributed by atoms with Gasteiger partial charge in [-0.2, -0.15) is 13.2 Å². The summed E-state index contributed by atoms with van der Waals surface area (Å²) < 4.78 is 43.1. The van der Waals surface area contributed by atoms with Crippen LogP contribution in [0.15, 0.2) is 22.7 Å². The molecule has 2 nitrogen and oxygen atoms in total. The molecular formula is C11H11BrF3NO. The zero-order valence-corrected chi connectivity index (χ0v) is 10.4. The van der Waals surface area contributed by atoms with Crippen LogP contribution in [0.3, 0.4) is 0 Å². The van der Waals surface area contributed by atoms with E-state index in [-0.39, 0.29) is 22.4 Å². The molecule has 6 heteroatoms. The van der Waals surface area contributed by atoms with Crippen LogP contribution in [0.5, 0.6) is 5.75 Å². The molecule has 2 N–H and O–H groups in total. The zero-order chi connectivity index (χ0) is 12.7. The SMILES string of the molecule is NC1(COc2ccc(Br)c(C(F)(F)F)c2)CC1. The first-order chi connectivity index (χ1) is 7.80. The molecule has 1 aromatic rings. The third-order valence-corrected chi connectivity index (χ3v) is 3.35. The van der Waals surface area contributed by atoms with Gasteiger partial charge in [0, 0.05) is 4.47 Å². The first-order valence-electron chi connectivity index (χ1n) is 5.09. The molecule has 0 atom stereocenters. The Kier molecular flexibility index (Phi) is 3.12. The van der Waals surface area contributed by atoms with Gasteiger partial charge >= 0.3 is 6.18 Å². The number of rotatable bonds is 3. The van der Waals surface area contributed by atoms with Crippen molar-refractivity contribution in [3.05, 3.63) is 28.2 Å². The van der Waals surface area contributed by atoms with Gasteiger partial charge in [0.1, 0.15) is 12.4 Å². The maximum atomic E-state index is 12.6. The second-order valence-corrected chi connectivity index (χ2v) is 5.14. The van der Waals surface area contributed by atoms with Gasteiger partial charge in [-0.25, -0.2) is 0 Å². The summed E-state index contributed by atoms with van der Waals surface area (Å²) in [6, 6.07) is 3.80. The molecule has 1 aliphatic rings. The van der Waals surface area contributed by atoms with Gasteiger partial charge in [0.05, 0.1) is 11.1 Å². The first-order valence-corrected chi connectivity index (χ1v) is 5.88. The predicted molar refractivity (Wildman–Crippen MR) is 60.8 cm³/mol. The average Bonchev–Trinajstić information content (AvgIpc) is 2.94. The van der Waals surface area contributed by atoms with E-state index in [1.807, 2.05) is 0 Å². The van der Waals surface area contributed by atoms with Crippen molar-refractivity contribution in [3.8, 4) is 5.75 Å². The predicted octanol–water partition coefficient (Wildman–Crippen LogP) is 3.34. The molecule has 0 amide bonds. The standard InChI is InChI=1S/C11H11BrF3NO/c12-9-2-1-7(5-8(9)11(13,14)15)17-6-10(16)3-4-10/h1-2,5H,3-4,6,16H2. The van der Waals surface area contributed by atoms with Gasteiger partial charge < -0.3 is 10.5 Å². The summed E-state index contributed by atoms with van der Waals surface area (Å²) in [5.41, 5.74) is 4.71. The molecule has 1 aromatic carbocycles. The van der Waals surface area contributed by atoms with E-state index in [0.29, 0.717) is 0 Å². The van der Waals surface area contributed by atoms with Gasteiger partial charge in [0.2, 0.25) is 0 Å². The molecule has 0 unspecified atom stereocenters. The largest absolute Gasteiger partial charge is 0.492 e. The van der Waals surface area contributed by atoms with Gasteiger partial charge in [-0.1, -0.05) is 15.9 Å². The Morgan fingerprint density at radius 2 is 2.00 bits per heavy atom. The molecule has 94 valence electrons. The Morgan fingerprint density at radius 3 is 2.53 bits per heavy atom. The Labute approximate surface area is 105 Å². The number of ether oxygens (including phenoxy) is 1. The Hall–Kier alpha value is -0.750. The summed E-state index contributed by atoms with van der Waals surface area (Å²) in [7, 11) is 0. The molecule has 0 aliphatic heterocycles. The van der Waals surface area contributed by atoms with Crippen molar-refractivity contribution in [3.63, 3.8) is 0 Å². The Balaban J connectivity index is 2.13. The normalized spacial score (nSPS) is 17.9. The highest BCUT2D eigenvalue weighted by Gasteiger charge is 2.39. The van der Waals surface area contributed by atoms with Crippen molar-refractivity contribution in [1.82, 2.24) is 0 Å². The van der Waals surface area contributed by atoms with E-state index in [4.69, 9.17) is 10.5 Å². The molecule has 0 heterocycles. The molecule has 1 fully saturated rings. The van der Waals surface area contributed by atoms with Gasteiger partial charge in [-0.3, -0.25) is 0 Å². The van der Waals surface area contributed by atoms with Gasteiger partial charge in [-0.05, 0) is 31.0 Å². The highest BCUT2D eigenvalue weighted by atomic mass is 79.9. The average molecular weight is 310 g/mol. The Bertz CT molecular complexity index is 429. The van der Waals surface area contributed by atoms with E-state index >= 15 is 0 Å². The van der Waals surface area contributed by atoms with Gasteiger partial charge in [0.25, 0.3) is 0 Å². The number of halogens is 4. The zero-order valence-electron chi connectivity index (χ0n) is 8.85. The summed E-state index contributed by atoms with van der Waals surface area (Å²) in [6.07, 6.45) is -2.68. The minimum Gasteiger partial charge on any atom is -0.492 e. The summed E-state index contributed by atoms with van der Waals surface area (Å²) >= 11 is 2.87. The number of nitrogens with two attached hydrogens (primary N) is 1. The summed E-state index contributed by atoms with van der Waals surface area (Å²) in [6.45, 7) is 0.256. The smallest absolute Gasteiger partial charge is 0.417 e. The molecule has 2 rings (SSSR count). The van der Waals surface area contributed by atoms with Crippen molar-refractivity contribution >= 4 is 15.9 Å². The molecule has 0 aromatic heterocycles. The van der Waals surface area contributed by atoms with E-state index in [0.717, 1.165) is 18.9 Å². The fraction of sp³-hybridized carbons (Fsp3) is 0.455. The second-order valence-electron chi connectivity index (χ2n) is 4.29. The quantitative estimate of drug-likeness (QED) is 0.929. The molecule has 17 heavy (non-hydrogen) atoms. The maximum absolute atomic E-state index is 12.6.